The van der Waals surface area contributed by atoms with Crippen molar-refractivity contribution in [3.63, 3.8) is 0 Å². The lowest BCUT2D eigenvalue weighted by Crippen LogP contribution is -2.32. The van der Waals surface area contributed by atoms with Gasteiger partial charge in [0, 0.05) is 33.4 Å². The Hall–Kier alpha value is -3.11. The van der Waals surface area contributed by atoms with Gasteiger partial charge < -0.3 is 10.1 Å². The molecule has 0 spiro atoms. The molecule has 3 aromatic carbocycles. The largest absolute Gasteiger partial charge is 0.480 e. The van der Waals surface area contributed by atoms with Crippen LogP contribution in [0, 0.1) is 5.41 Å². The molecule has 166 valence electrons. The highest BCUT2D eigenvalue weighted by Crippen LogP contribution is 2.46. The first-order valence-corrected chi connectivity index (χ1v) is 12.0. The second kappa shape index (κ2) is 8.68. The van der Waals surface area contributed by atoms with Crippen LogP contribution in [0.3, 0.4) is 0 Å². The Morgan fingerprint density at radius 1 is 0.909 bits per heavy atom. The Morgan fingerprint density at radius 2 is 1.61 bits per heavy atom. The summed E-state index contributed by atoms with van der Waals surface area (Å²) < 4.78 is 7.62. The molecule has 1 atom stereocenters. The Balaban J connectivity index is 1.63. The van der Waals surface area contributed by atoms with E-state index >= 15 is 0 Å². The highest BCUT2D eigenvalue weighted by molar-refractivity contribution is 9.10. The molecule has 1 aliphatic heterocycles. The van der Waals surface area contributed by atoms with Gasteiger partial charge in [0.15, 0.2) is 11.9 Å². The topological polar surface area (TPSA) is 38.3 Å². The number of nitrogens with one attached hydrogen (secondary N) is 1. The van der Waals surface area contributed by atoms with E-state index in [1.54, 1.807) is 0 Å². The number of ether oxygens (including phenoxy) is 1. The third kappa shape index (κ3) is 4.53. The summed E-state index contributed by atoms with van der Waals surface area (Å²) in [5, 5.41) is 3.57. The third-order valence-electron chi connectivity index (χ3n) is 6.19. The standard InChI is InChI=1S/C29H26BrNO2/c1-29(2)17-24(31-22-14-12-21(30)13-15-22)27(25(32)18-29)28-23-11-7-6-10-20(23)16-26(33-28)19-8-4-3-5-9-19/h3-16,28,31H,17-18H2,1-2H3. The van der Waals surface area contributed by atoms with Crippen LogP contribution in [0.4, 0.5) is 5.69 Å². The number of halogens is 1. The maximum Gasteiger partial charge on any atom is 0.165 e. The summed E-state index contributed by atoms with van der Waals surface area (Å²) in [5.74, 6) is 0.924. The highest BCUT2D eigenvalue weighted by atomic mass is 79.9. The van der Waals surface area contributed by atoms with E-state index in [0.29, 0.717) is 6.42 Å². The maximum atomic E-state index is 13.6. The number of carbonyl (C=O) groups excluding carboxylic acids is 1. The number of rotatable bonds is 4. The predicted octanol–water partition coefficient (Wildman–Crippen LogP) is 7.77. The quantitative estimate of drug-likeness (QED) is 0.398. The molecule has 0 saturated carbocycles. The van der Waals surface area contributed by atoms with Crippen LogP contribution in [0.2, 0.25) is 0 Å². The van der Waals surface area contributed by atoms with E-state index in [1.165, 1.54) is 0 Å². The van der Waals surface area contributed by atoms with Gasteiger partial charge in [-0.3, -0.25) is 4.79 Å². The molecule has 3 aromatic rings. The van der Waals surface area contributed by atoms with Crippen LogP contribution in [-0.2, 0) is 9.53 Å². The number of benzene rings is 3. The number of hydrogen-bond acceptors (Lipinski definition) is 3. The zero-order valence-electron chi connectivity index (χ0n) is 18.8. The minimum Gasteiger partial charge on any atom is -0.480 e. The van der Waals surface area contributed by atoms with Gasteiger partial charge in [0.1, 0.15) is 5.76 Å². The maximum absolute atomic E-state index is 13.6. The van der Waals surface area contributed by atoms with Gasteiger partial charge in [0.05, 0.1) is 5.57 Å². The van der Waals surface area contributed by atoms with Crippen molar-refractivity contribution in [1.29, 1.82) is 0 Å². The number of allylic oxidation sites excluding steroid dienone is 1. The summed E-state index contributed by atoms with van der Waals surface area (Å²) in [5.41, 5.74) is 5.61. The van der Waals surface area contributed by atoms with E-state index < -0.39 is 6.10 Å². The summed E-state index contributed by atoms with van der Waals surface area (Å²) in [6.45, 7) is 4.30. The molecule has 0 fully saturated rings. The first-order valence-electron chi connectivity index (χ1n) is 11.2. The molecule has 0 amide bonds. The van der Waals surface area contributed by atoms with E-state index in [2.05, 4.69) is 53.3 Å². The number of ketones is 1. The van der Waals surface area contributed by atoms with Crippen LogP contribution >= 0.6 is 15.9 Å². The molecule has 1 N–H and O–H groups in total. The van der Waals surface area contributed by atoms with Gasteiger partial charge in [-0.2, -0.15) is 0 Å². The molecule has 0 saturated heterocycles. The number of anilines is 1. The van der Waals surface area contributed by atoms with E-state index in [9.17, 15) is 4.79 Å². The van der Waals surface area contributed by atoms with Crippen LogP contribution in [0.15, 0.2) is 94.6 Å². The fourth-order valence-electron chi connectivity index (χ4n) is 4.67. The zero-order valence-corrected chi connectivity index (χ0v) is 20.4. The zero-order chi connectivity index (χ0) is 23.0. The molecule has 0 aromatic heterocycles. The molecule has 3 nitrogen and oxygen atoms in total. The minimum atomic E-state index is -0.456. The van der Waals surface area contributed by atoms with Gasteiger partial charge in [-0.15, -0.1) is 0 Å². The normalized spacial score (nSPS) is 19.4. The Bertz CT molecular complexity index is 1260. The van der Waals surface area contributed by atoms with E-state index in [1.807, 2.05) is 66.7 Å². The molecule has 0 radical (unpaired) electrons. The number of carbonyl (C=O) groups is 1. The molecule has 1 heterocycles. The molecule has 1 aliphatic carbocycles. The summed E-state index contributed by atoms with van der Waals surface area (Å²) >= 11 is 3.50. The fourth-order valence-corrected chi connectivity index (χ4v) is 4.94. The first kappa shape index (κ1) is 21.7. The lowest BCUT2D eigenvalue weighted by Gasteiger charge is -2.37. The van der Waals surface area contributed by atoms with Crippen molar-refractivity contribution in [2.75, 3.05) is 5.32 Å². The molecular weight excluding hydrogens is 474 g/mol. The van der Waals surface area contributed by atoms with Gasteiger partial charge in [-0.1, -0.05) is 84.4 Å². The predicted molar refractivity (Wildman–Crippen MR) is 137 cm³/mol. The average Bonchev–Trinajstić information content (AvgIpc) is 2.80. The van der Waals surface area contributed by atoms with Crippen molar-refractivity contribution in [2.45, 2.75) is 32.8 Å². The lowest BCUT2D eigenvalue weighted by atomic mass is 9.73. The third-order valence-corrected chi connectivity index (χ3v) is 6.72. The van der Waals surface area contributed by atoms with Crippen LogP contribution < -0.4 is 5.32 Å². The van der Waals surface area contributed by atoms with Crippen LogP contribution in [0.1, 0.15) is 49.5 Å². The molecule has 4 heteroatoms. The summed E-state index contributed by atoms with van der Waals surface area (Å²) in [4.78, 5) is 13.6. The number of fused-ring (bicyclic) bond motifs is 1. The first-order chi connectivity index (χ1) is 15.9. The molecule has 0 bridgehead atoms. The molecule has 5 rings (SSSR count). The van der Waals surface area contributed by atoms with Gasteiger partial charge in [-0.05, 0) is 47.7 Å². The van der Waals surface area contributed by atoms with Crippen molar-refractivity contribution in [3.8, 4) is 0 Å². The SMILES string of the molecule is CC1(C)CC(=O)C(C2OC(c3ccccc3)=Cc3ccccc32)=C(Nc2ccc(Br)cc2)C1. The van der Waals surface area contributed by atoms with E-state index in [-0.39, 0.29) is 11.2 Å². The fraction of sp³-hybridized carbons (Fsp3) is 0.207. The number of hydrogen-bond donors (Lipinski definition) is 1. The molecule has 33 heavy (non-hydrogen) atoms. The van der Waals surface area contributed by atoms with Crippen LogP contribution in [0.25, 0.3) is 11.8 Å². The molecule has 1 unspecified atom stereocenters. The Morgan fingerprint density at radius 3 is 2.36 bits per heavy atom. The molecular formula is C29H26BrNO2. The average molecular weight is 500 g/mol. The van der Waals surface area contributed by atoms with Crippen molar-refractivity contribution in [3.05, 3.63) is 111 Å². The summed E-state index contributed by atoms with van der Waals surface area (Å²) in [6.07, 6.45) is 2.89. The smallest absolute Gasteiger partial charge is 0.165 e. The minimum absolute atomic E-state index is 0.120. The summed E-state index contributed by atoms with van der Waals surface area (Å²) in [7, 11) is 0. The lowest BCUT2D eigenvalue weighted by molar-refractivity contribution is -0.119. The van der Waals surface area contributed by atoms with E-state index in [4.69, 9.17) is 4.74 Å². The van der Waals surface area contributed by atoms with Gasteiger partial charge in [-0.25, -0.2) is 0 Å². The van der Waals surface area contributed by atoms with Crippen LogP contribution in [-0.4, -0.2) is 5.78 Å². The van der Waals surface area contributed by atoms with E-state index in [0.717, 1.165) is 50.3 Å². The Labute approximate surface area is 203 Å². The van der Waals surface area contributed by atoms with Gasteiger partial charge in [0.25, 0.3) is 0 Å². The Kier molecular flexibility index (Phi) is 5.71. The van der Waals surface area contributed by atoms with Gasteiger partial charge >= 0.3 is 0 Å². The second-order valence-corrected chi connectivity index (χ2v) is 10.4. The highest BCUT2D eigenvalue weighted by Gasteiger charge is 2.39. The van der Waals surface area contributed by atoms with Crippen LogP contribution in [0.5, 0.6) is 0 Å². The van der Waals surface area contributed by atoms with Crippen molar-refractivity contribution >= 4 is 39.2 Å². The molecule has 2 aliphatic rings. The number of Topliss-reactive ketones (excluding diaryl/α,β-unsaturated/α-hetero) is 1. The van der Waals surface area contributed by atoms with Crippen molar-refractivity contribution in [2.24, 2.45) is 5.41 Å². The summed E-state index contributed by atoms with van der Waals surface area (Å²) in [6, 6.07) is 26.3. The van der Waals surface area contributed by atoms with Gasteiger partial charge in [0.2, 0.25) is 0 Å². The monoisotopic (exact) mass is 499 g/mol. The van der Waals surface area contributed by atoms with Crippen molar-refractivity contribution in [1.82, 2.24) is 0 Å². The van der Waals surface area contributed by atoms with Crippen molar-refractivity contribution < 1.29 is 9.53 Å². The second-order valence-electron chi connectivity index (χ2n) is 9.47.